The number of halogens is 1. The minimum Gasteiger partial charge on any atom is -0.493 e. The van der Waals surface area contributed by atoms with Crippen LogP contribution in [0.4, 0.5) is 14.9 Å². The van der Waals surface area contributed by atoms with Crippen molar-refractivity contribution in [1.29, 1.82) is 0 Å². The van der Waals surface area contributed by atoms with Gasteiger partial charge in [-0.2, -0.15) is 0 Å². The molecule has 0 aromatic heterocycles. The molecule has 3 aromatic rings. The lowest BCUT2D eigenvalue weighted by Crippen LogP contribution is -2.47. The van der Waals surface area contributed by atoms with Crippen molar-refractivity contribution < 1.29 is 23.5 Å². The summed E-state index contributed by atoms with van der Waals surface area (Å²) in [7, 11) is 3.11. The van der Waals surface area contributed by atoms with Gasteiger partial charge in [0.2, 0.25) is 0 Å². The Bertz CT molecular complexity index is 1190. The predicted octanol–water partition coefficient (Wildman–Crippen LogP) is 4.40. The smallest absolute Gasteiger partial charge is 0.322 e. The number of rotatable bonds is 6. The molecule has 0 aliphatic carbocycles. The Hall–Kier alpha value is -4.07. The first-order chi connectivity index (χ1) is 16.5. The van der Waals surface area contributed by atoms with E-state index in [2.05, 4.69) is 10.6 Å². The van der Waals surface area contributed by atoms with Crippen molar-refractivity contribution >= 4 is 17.6 Å². The highest BCUT2D eigenvalue weighted by Gasteiger charge is 2.33. The number of urea groups is 1. The van der Waals surface area contributed by atoms with Gasteiger partial charge in [-0.15, -0.1) is 0 Å². The summed E-state index contributed by atoms with van der Waals surface area (Å²) in [5, 5.41) is 5.58. The summed E-state index contributed by atoms with van der Waals surface area (Å²) in [5.74, 6) is 0.353. The maximum absolute atomic E-state index is 14.2. The van der Waals surface area contributed by atoms with Crippen LogP contribution in [0.1, 0.15) is 27.5 Å². The maximum Gasteiger partial charge on any atom is 0.322 e. The van der Waals surface area contributed by atoms with Crippen LogP contribution in [0.25, 0.3) is 0 Å². The summed E-state index contributed by atoms with van der Waals surface area (Å²) in [6.07, 6.45) is 0.573. The number of amides is 3. The number of ether oxygens (including phenoxy) is 2. The van der Waals surface area contributed by atoms with Crippen LogP contribution in [0.15, 0.2) is 66.7 Å². The molecule has 1 aliphatic heterocycles. The Morgan fingerprint density at radius 1 is 1.00 bits per heavy atom. The van der Waals surface area contributed by atoms with Crippen molar-refractivity contribution in [1.82, 2.24) is 10.2 Å². The van der Waals surface area contributed by atoms with E-state index in [1.807, 2.05) is 18.2 Å². The third-order valence-electron chi connectivity index (χ3n) is 5.87. The molecule has 3 amide bonds. The average Bonchev–Trinajstić information content (AvgIpc) is 2.87. The molecular weight excluding hydrogens is 437 g/mol. The van der Waals surface area contributed by atoms with E-state index < -0.39 is 17.9 Å². The molecule has 1 aliphatic rings. The summed E-state index contributed by atoms with van der Waals surface area (Å²) >= 11 is 0. The van der Waals surface area contributed by atoms with Crippen LogP contribution < -0.4 is 20.1 Å². The Labute approximate surface area is 197 Å². The van der Waals surface area contributed by atoms with E-state index in [0.29, 0.717) is 30.0 Å². The lowest BCUT2D eigenvalue weighted by atomic mass is 9.91. The van der Waals surface area contributed by atoms with Crippen LogP contribution in [-0.2, 0) is 6.42 Å². The molecule has 0 radical (unpaired) electrons. The summed E-state index contributed by atoms with van der Waals surface area (Å²) in [4.78, 5) is 27.5. The van der Waals surface area contributed by atoms with Gasteiger partial charge in [-0.1, -0.05) is 30.3 Å². The van der Waals surface area contributed by atoms with Crippen LogP contribution in [0.2, 0.25) is 0 Å². The summed E-state index contributed by atoms with van der Waals surface area (Å²) < 4.78 is 25.1. The van der Waals surface area contributed by atoms with Crippen LogP contribution in [0, 0.1) is 5.82 Å². The van der Waals surface area contributed by atoms with E-state index >= 15 is 0 Å². The largest absolute Gasteiger partial charge is 0.493 e. The number of para-hydroxylation sites is 1. The number of hydrogen-bond donors (Lipinski definition) is 2. The molecule has 3 aromatic carbocycles. The highest BCUT2D eigenvalue weighted by atomic mass is 19.1. The average molecular weight is 464 g/mol. The van der Waals surface area contributed by atoms with Crippen molar-refractivity contribution in [2.45, 2.75) is 12.5 Å². The zero-order chi connectivity index (χ0) is 24.1. The Balaban J connectivity index is 1.64. The summed E-state index contributed by atoms with van der Waals surface area (Å²) in [6.45, 7) is 0.551. The molecule has 0 spiro atoms. The third-order valence-corrected chi connectivity index (χ3v) is 5.87. The second-order valence-corrected chi connectivity index (χ2v) is 7.85. The normalized spacial score (nSPS) is 14.7. The quantitative estimate of drug-likeness (QED) is 0.568. The van der Waals surface area contributed by atoms with Crippen molar-refractivity contribution in [2.75, 3.05) is 32.6 Å². The van der Waals surface area contributed by atoms with E-state index in [1.165, 1.54) is 12.1 Å². The van der Waals surface area contributed by atoms with Crippen molar-refractivity contribution in [3.8, 4) is 11.5 Å². The molecule has 8 heteroatoms. The van der Waals surface area contributed by atoms with Gasteiger partial charge < -0.3 is 25.0 Å². The predicted molar refractivity (Wildman–Crippen MR) is 127 cm³/mol. The fourth-order valence-corrected chi connectivity index (χ4v) is 4.12. The van der Waals surface area contributed by atoms with Crippen molar-refractivity contribution in [2.24, 2.45) is 0 Å². The van der Waals surface area contributed by atoms with Gasteiger partial charge in [-0.05, 0) is 53.9 Å². The fraction of sp³-hybridized carbons (Fsp3) is 0.231. The van der Waals surface area contributed by atoms with E-state index in [-0.39, 0.29) is 18.1 Å². The van der Waals surface area contributed by atoms with Crippen LogP contribution >= 0.6 is 0 Å². The SMILES string of the molecule is COc1cc2c(cc1OC)[C@@H](CNC(=O)c1ccccc1)N(C(=O)Nc1ccccc1F)CC2. The number of benzene rings is 3. The topological polar surface area (TPSA) is 79.9 Å². The first-order valence-corrected chi connectivity index (χ1v) is 10.9. The molecular formula is C26H26FN3O4. The van der Waals surface area contributed by atoms with Gasteiger partial charge in [0.25, 0.3) is 5.91 Å². The van der Waals surface area contributed by atoms with Crippen LogP contribution in [-0.4, -0.2) is 44.1 Å². The maximum atomic E-state index is 14.2. The fourth-order valence-electron chi connectivity index (χ4n) is 4.12. The molecule has 34 heavy (non-hydrogen) atoms. The standard InChI is InChI=1S/C26H26FN3O4/c1-33-23-14-18-12-13-30(26(32)29-21-11-7-6-10-20(21)27)22(19(18)15-24(23)34-2)16-28-25(31)17-8-4-3-5-9-17/h3-11,14-15,22H,12-13,16H2,1-2H3,(H,28,31)(H,29,32)/t22-/m1/s1. The van der Waals surface area contributed by atoms with E-state index in [1.54, 1.807) is 55.5 Å². The minimum atomic E-state index is -0.520. The Morgan fingerprint density at radius 3 is 2.38 bits per heavy atom. The van der Waals surface area contributed by atoms with Gasteiger partial charge in [-0.3, -0.25) is 4.79 Å². The van der Waals surface area contributed by atoms with Crippen molar-refractivity contribution in [3.63, 3.8) is 0 Å². The number of carbonyl (C=O) groups excluding carboxylic acids is 2. The molecule has 1 atom stereocenters. The molecule has 0 saturated heterocycles. The number of nitrogens with one attached hydrogen (secondary N) is 2. The minimum absolute atomic E-state index is 0.0951. The molecule has 0 bridgehead atoms. The molecule has 1 heterocycles. The van der Waals surface area contributed by atoms with Gasteiger partial charge in [0, 0.05) is 18.7 Å². The number of hydrogen-bond acceptors (Lipinski definition) is 4. The van der Waals surface area contributed by atoms with Gasteiger partial charge >= 0.3 is 6.03 Å². The zero-order valence-corrected chi connectivity index (χ0v) is 19.0. The monoisotopic (exact) mass is 463 g/mol. The highest BCUT2D eigenvalue weighted by Crippen LogP contribution is 2.38. The van der Waals surface area contributed by atoms with Gasteiger partial charge in [-0.25, -0.2) is 9.18 Å². The highest BCUT2D eigenvalue weighted by molar-refractivity contribution is 5.94. The molecule has 0 unspecified atom stereocenters. The molecule has 4 rings (SSSR count). The van der Waals surface area contributed by atoms with Gasteiger partial charge in [0.1, 0.15) is 5.82 Å². The van der Waals surface area contributed by atoms with Crippen molar-refractivity contribution in [3.05, 3.63) is 89.2 Å². The van der Waals surface area contributed by atoms with E-state index in [4.69, 9.17) is 9.47 Å². The third kappa shape index (κ3) is 4.80. The van der Waals surface area contributed by atoms with Crippen LogP contribution in [0.5, 0.6) is 11.5 Å². The molecule has 2 N–H and O–H groups in total. The Kier molecular flexibility index (Phi) is 6.96. The van der Waals surface area contributed by atoms with Gasteiger partial charge in [0.15, 0.2) is 11.5 Å². The second-order valence-electron chi connectivity index (χ2n) is 7.85. The molecule has 0 saturated carbocycles. The van der Waals surface area contributed by atoms with Gasteiger partial charge in [0.05, 0.1) is 25.9 Å². The first kappa shape index (κ1) is 23.1. The van der Waals surface area contributed by atoms with E-state index in [0.717, 1.165) is 11.1 Å². The molecule has 176 valence electrons. The number of methoxy groups -OCH3 is 2. The number of fused-ring (bicyclic) bond motifs is 1. The lowest BCUT2D eigenvalue weighted by molar-refractivity contribution is 0.0936. The summed E-state index contributed by atoms with van der Waals surface area (Å²) in [6, 6.07) is 17.6. The van der Waals surface area contributed by atoms with Crippen LogP contribution in [0.3, 0.4) is 0 Å². The first-order valence-electron chi connectivity index (χ1n) is 10.9. The summed E-state index contributed by atoms with van der Waals surface area (Å²) in [5.41, 5.74) is 2.44. The van der Waals surface area contributed by atoms with E-state index in [9.17, 15) is 14.0 Å². The molecule has 0 fully saturated rings. The number of nitrogens with zero attached hydrogens (tertiary/aromatic N) is 1. The Morgan fingerprint density at radius 2 is 1.68 bits per heavy atom. The number of carbonyl (C=O) groups is 2. The zero-order valence-electron chi connectivity index (χ0n) is 19.0. The number of anilines is 1. The second kappa shape index (κ2) is 10.2. The molecule has 7 nitrogen and oxygen atoms in total. The lowest BCUT2D eigenvalue weighted by Gasteiger charge is -2.38.